The lowest BCUT2D eigenvalue weighted by Gasteiger charge is -2.48. The van der Waals surface area contributed by atoms with E-state index in [1.165, 1.54) is 103 Å². The Kier molecular flexibility index (Phi) is 21.3. The van der Waals surface area contributed by atoms with Crippen molar-refractivity contribution in [3.63, 3.8) is 0 Å². The largest absolute Gasteiger partial charge is 0.508 e. The minimum atomic E-state index is -0.170. The molecule has 82 heavy (non-hydrogen) atoms. The molecule has 14 unspecified atom stereocenters. The lowest BCUT2D eigenvalue weighted by atomic mass is 9.58. The van der Waals surface area contributed by atoms with Gasteiger partial charge in [0.15, 0.2) is 0 Å². The van der Waals surface area contributed by atoms with Gasteiger partial charge in [-0.2, -0.15) is 0 Å². The zero-order valence-corrected chi connectivity index (χ0v) is 54.6. The molecule has 7 heteroatoms. The summed E-state index contributed by atoms with van der Waals surface area (Å²) in [4.78, 5) is 0. The Hall–Kier alpha value is -3.62. The minimum absolute atomic E-state index is 0.0841. The molecule has 7 nitrogen and oxygen atoms in total. The number of phenols is 3. The molecule has 3 aromatic carbocycles. The van der Waals surface area contributed by atoms with E-state index in [2.05, 4.69) is 109 Å². The fraction of sp³-hybridized carbons (Fsp3) is 0.707. The van der Waals surface area contributed by atoms with Crippen LogP contribution in [0.3, 0.4) is 0 Å². The maximum Gasteiger partial charge on any atom is 0.118 e. The monoisotopic (exact) mass is 1130 g/mol. The van der Waals surface area contributed by atoms with Crippen molar-refractivity contribution in [1.82, 2.24) is 0 Å². The average Bonchev–Trinajstić information content (AvgIpc) is 4.52. The Labute approximate surface area is 499 Å². The molecular weight excluding hydrogens is 1010 g/mol. The zero-order valence-electron chi connectivity index (χ0n) is 54.6. The maximum atomic E-state index is 9.92. The van der Waals surface area contributed by atoms with Crippen molar-refractivity contribution < 1.29 is 35.0 Å². The van der Waals surface area contributed by atoms with E-state index in [0.29, 0.717) is 57.5 Å². The highest BCUT2D eigenvalue weighted by Gasteiger charge is 2.61. The van der Waals surface area contributed by atoms with Crippen LogP contribution < -0.4 is 0 Å². The third-order valence-electron chi connectivity index (χ3n) is 23.6. The Bertz CT molecular complexity index is 2470. The summed E-state index contributed by atoms with van der Waals surface area (Å²) in [5.41, 5.74) is 9.82. The normalized spacial score (nSPS) is 33.5. The second-order valence-corrected chi connectivity index (χ2v) is 30.8. The molecule has 6 aliphatic carbocycles. The summed E-state index contributed by atoms with van der Waals surface area (Å²) in [6.45, 7) is 38.6. The number of hydrogen-bond donors (Lipinski definition) is 5. The van der Waals surface area contributed by atoms with E-state index < -0.39 is 0 Å². The van der Waals surface area contributed by atoms with Crippen molar-refractivity contribution in [3.8, 4) is 17.2 Å². The number of phenolic OH excluding ortho intramolecular Hbond substituents is 3. The number of aliphatic hydroxyl groups is 2. The summed E-state index contributed by atoms with van der Waals surface area (Å²) < 4.78 is 11.8. The third-order valence-corrected chi connectivity index (χ3v) is 23.6. The Morgan fingerprint density at radius 3 is 1.15 bits per heavy atom. The van der Waals surface area contributed by atoms with Crippen molar-refractivity contribution in [1.29, 1.82) is 0 Å². The van der Waals surface area contributed by atoms with E-state index in [0.717, 1.165) is 76.2 Å². The number of fused-ring (bicyclic) bond motifs is 2. The highest BCUT2D eigenvalue weighted by Crippen LogP contribution is 2.60. The number of aliphatic hydroxyl groups excluding tert-OH is 2. The van der Waals surface area contributed by atoms with Gasteiger partial charge in [-0.25, -0.2) is 0 Å². The summed E-state index contributed by atoms with van der Waals surface area (Å²) in [6.07, 6.45) is 28.5. The number of allylic oxidation sites excluding steroid dienone is 4. The van der Waals surface area contributed by atoms with E-state index >= 15 is 0 Å². The van der Waals surface area contributed by atoms with Crippen LogP contribution in [0.25, 0.3) is 0 Å². The fourth-order valence-corrected chi connectivity index (χ4v) is 16.2. The minimum Gasteiger partial charge on any atom is -0.508 e. The summed E-state index contributed by atoms with van der Waals surface area (Å²) in [5, 5.41) is 48.0. The van der Waals surface area contributed by atoms with Crippen LogP contribution in [0.1, 0.15) is 240 Å². The van der Waals surface area contributed by atoms with Crippen LogP contribution in [0.5, 0.6) is 17.2 Å². The first-order valence-electron chi connectivity index (χ1n) is 32.7. The molecule has 2 heterocycles. The zero-order chi connectivity index (χ0) is 60.3. The number of ether oxygens (including phenoxy) is 2. The molecule has 5 N–H and O–H groups in total. The smallest absolute Gasteiger partial charge is 0.118 e. The standard InChI is InChI=1S/C17H28O2.C17H32O2.C17H20O2.C17H28.C7H8O/c1-15(2,11-5-7-13-16(3,9-11)18-13)12-6-8-14-17(4,10-12)19-14;2*1-11-9-13(5-7-15(11)18)17(3,4)14-6-8-16(19)12(2)10-14;1-13-7-5-9-15(11-13)17(3,4)16-10-6-8-14(2)12-16;1-6-4-2-3-5-7(6)8/h11-14H,5-10H2,1-4H3;11-16,18-19H,5-10H2,1-4H3;5-10,18-19H,1-4H3;7-8,15-16H,5-6,9-12H2,1-4H3;2-5,8H,1H3. The lowest BCUT2D eigenvalue weighted by Crippen LogP contribution is -2.42. The van der Waals surface area contributed by atoms with Crippen molar-refractivity contribution in [2.24, 2.45) is 63.6 Å². The van der Waals surface area contributed by atoms with Gasteiger partial charge in [-0.1, -0.05) is 135 Å². The van der Waals surface area contributed by atoms with E-state index in [-0.39, 0.29) is 28.8 Å². The van der Waals surface area contributed by atoms with Gasteiger partial charge < -0.3 is 35.0 Å². The SMILES string of the molecule is CC12CC(C(C)(C)C3CCC4OC4(C)C3)CCC1O2.CC1=CCCC(C(C)(C)C2CCC=C(C)C2)C1.CC1CC(C(C)(C)C2CCC(O)C(C)C2)CCC1O.Cc1cc(C(C)(C)c2ccc(O)c(C)c2)ccc1O.Cc1ccccc1O. The van der Waals surface area contributed by atoms with Gasteiger partial charge in [0.25, 0.3) is 0 Å². The predicted octanol–water partition coefficient (Wildman–Crippen LogP) is 18.8. The molecule has 0 radical (unpaired) electrons. The third kappa shape index (κ3) is 15.9. The molecule has 2 saturated heterocycles. The van der Waals surface area contributed by atoms with Crippen molar-refractivity contribution in [2.45, 2.75) is 274 Å². The average molecular weight is 1130 g/mol. The molecular formula is C75H116O7. The summed E-state index contributed by atoms with van der Waals surface area (Å²) >= 11 is 0. The molecule has 0 bridgehead atoms. The van der Waals surface area contributed by atoms with E-state index in [4.69, 9.17) is 14.6 Å². The van der Waals surface area contributed by atoms with E-state index in [9.17, 15) is 20.4 Å². The molecule has 4 saturated carbocycles. The molecule has 11 rings (SSSR count). The van der Waals surface area contributed by atoms with Crippen LogP contribution in [0.4, 0.5) is 0 Å². The summed E-state index contributed by atoms with van der Waals surface area (Å²) in [7, 11) is 0. The van der Waals surface area contributed by atoms with Gasteiger partial charge in [0, 0.05) is 5.41 Å². The summed E-state index contributed by atoms with van der Waals surface area (Å²) in [6, 6.07) is 18.6. The van der Waals surface area contributed by atoms with Crippen molar-refractivity contribution >= 4 is 0 Å². The Balaban J connectivity index is 0.000000151. The highest BCUT2D eigenvalue weighted by molar-refractivity contribution is 5.46. The molecule has 14 atom stereocenters. The molecule has 0 spiro atoms. The Morgan fingerprint density at radius 2 is 0.805 bits per heavy atom. The molecule has 0 amide bonds. The van der Waals surface area contributed by atoms with Gasteiger partial charge in [0.2, 0.25) is 0 Å². The first-order chi connectivity index (χ1) is 38.3. The molecule has 3 aromatic rings. The number of hydrogen-bond acceptors (Lipinski definition) is 7. The van der Waals surface area contributed by atoms with E-state index in [1.54, 1.807) is 29.3 Å². The van der Waals surface area contributed by atoms with Crippen LogP contribution in [0.15, 0.2) is 84.0 Å². The van der Waals surface area contributed by atoms with Crippen LogP contribution >= 0.6 is 0 Å². The number of aromatic hydroxyl groups is 3. The molecule has 458 valence electrons. The van der Waals surface area contributed by atoms with Gasteiger partial charge in [-0.15, -0.1) is 0 Å². The topological polar surface area (TPSA) is 126 Å². The van der Waals surface area contributed by atoms with Gasteiger partial charge in [-0.3, -0.25) is 0 Å². The predicted molar refractivity (Wildman–Crippen MR) is 340 cm³/mol. The van der Waals surface area contributed by atoms with Crippen LogP contribution in [-0.4, -0.2) is 61.2 Å². The second-order valence-electron chi connectivity index (χ2n) is 30.8. The van der Waals surface area contributed by atoms with Crippen LogP contribution in [0.2, 0.25) is 0 Å². The quantitative estimate of drug-likeness (QED) is 0.112. The fourth-order valence-electron chi connectivity index (χ4n) is 16.2. The molecule has 8 aliphatic rings. The van der Waals surface area contributed by atoms with E-state index in [1.807, 2.05) is 63.2 Å². The number of aryl methyl sites for hydroxylation is 3. The number of epoxide rings is 2. The van der Waals surface area contributed by atoms with Gasteiger partial charge in [0.05, 0.1) is 35.6 Å². The molecule has 0 aromatic heterocycles. The van der Waals surface area contributed by atoms with Crippen LogP contribution in [0, 0.1) is 84.4 Å². The first kappa shape index (κ1) is 65.9. The van der Waals surface area contributed by atoms with Gasteiger partial charge >= 0.3 is 0 Å². The summed E-state index contributed by atoms with van der Waals surface area (Å²) in [5.74, 6) is 6.86. The lowest BCUT2D eigenvalue weighted by molar-refractivity contribution is -0.0334. The first-order valence-corrected chi connectivity index (χ1v) is 32.7. The van der Waals surface area contributed by atoms with Crippen molar-refractivity contribution in [2.75, 3.05) is 0 Å². The Morgan fingerprint density at radius 1 is 0.439 bits per heavy atom. The molecule has 6 fully saturated rings. The van der Waals surface area contributed by atoms with Crippen molar-refractivity contribution in [3.05, 3.63) is 112 Å². The number of benzene rings is 3. The number of para-hydroxylation sites is 1. The van der Waals surface area contributed by atoms with Gasteiger partial charge in [0.1, 0.15) is 17.2 Å². The van der Waals surface area contributed by atoms with Crippen LogP contribution in [-0.2, 0) is 14.9 Å². The van der Waals surface area contributed by atoms with Gasteiger partial charge in [-0.05, 0) is 274 Å². The number of rotatable bonds is 8. The maximum absolute atomic E-state index is 9.92. The highest BCUT2D eigenvalue weighted by atomic mass is 16.6. The molecule has 2 aliphatic heterocycles. The second kappa shape index (κ2) is 26.6.